The van der Waals surface area contributed by atoms with E-state index >= 15 is 0 Å². The van der Waals surface area contributed by atoms with E-state index in [4.69, 9.17) is 11.5 Å². The minimum absolute atomic E-state index is 0. The van der Waals surface area contributed by atoms with Crippen molar-refractivity contribution in [2.45, 2.75) is 31.3 Å². The second-order valence-corrected chi connectivity index (χ2v) is 5.88. The number of rotatable bonds is 5. The van der Waals surface area contributed by atoms with E-state index in [1.807, 2.05) is 22.4 Å². The molecule has 1 aromatic rings. The first-order chi connectivity index (χ1) is 9.61. The number of hydrogen-bond acceptors (Lipinski definition) is 4. The van der Waals surface area contributed by atoms with Crippen LogP contribution in [0.1, 0.15) is 30.2 Å². The van der Waals surface area contributed by atoms with Gasteiger partial charge in [-0.15, -0.1) is 23.7 Å². The normalized spacial score (nSPS) is 18.9. The van der Waals surface area contributed by atoms with Gasteiger partial charge in [-0.05, 0) is 24.3 Å². The molecule has 0 bridgehead atoms. The van der Waals surface area contributed by atoms with Crippen LogP contribution in [0.5, 0.6) is 0 Å². The molecule has 2 unspecified atom stereocenters. The fourth-order valence-corrected chi connectivity index (χ4v) is 3.36. The SMILES string of the molecule is Cl.NCC1CCCN1C(=O)CC(NC(N)=O)c1cccs1. The summed E-state index contributed by atoms with van der Waals surface area (Å²) in [7, 11) is 0. The van der Waals surface area contributed by atoms with E-state index in [2.05, 4.69) is 5.32 Å². The van der Waals surface area contributed by atoms with Crippen molar-refractivity contribution in [3.05, 3.63) is 22.4 Å². The van der Waals surface area contributed by atoms with Crippen LogP contribution >= 0.6 is 23.7 Å². The molecule has 2 rings (SSSR count). The van der Waals surface area contributed by atoms with Crippen LogP contribution in [-0.2, 0) is 4.79 Å². The average Bonchev–Trinajstić information content (AvgIpc) is 3.08. The highest BCUT2D eigenvalue weighted by Gasteiger charge is 2.29. The summed E-state index contributed by atoms with van der Waals surface area (Å²) in [5, 5.41) is 4.55. The van der Waals surface area contributed by atoms with Crippen LogP contribution in [0, 0.1) is 0 Å². The number of nitrogens with one attached hydrogen (secondary N) is 1. The van der Waals surface area contributed by atoms with Crippen molar-refractivity contribution >= 4 is 35.7 Å². The fraction of sp³-hybridized carbons (Fsp3) is 0.538. The smallest absolute Gasteiger partial charge is 0.312 e. The van der Waals surface area contributed by atoms with Crippen LogP contribution < -0.4 is 16.8 Å². The summed E-state index contributed by atoms with van der Waals surface area (Å²) >= 11 is 1.50. The van der Waals surface area contributed by atoms with Gasteiger partial charge in [-0.2, -0.15) is 0 Å². The van der Waals surface area contributed by atoms with Crippen LogP contribution in [0.15, 0.2) is 17.5 Å². The Morgan fingerprint density at radius 3 is 2.86 bits per heavy atom. The minimum atomic E-state index is -0.618. The van der Waals surface area contributed by atoms with Gasteiger partial charge in [-0.3, -0.25) is 4.79 Å². The maximum absolute atomic E-state index is 12.4. The van der Waals surface area contributed by atoms with Gasteiger partial charge in [0.05, 0.1) is 12.5 Å². The lowest BCUT2D eigenvalue weighted by Gasteiger charge is -2.25. The molecule has 1 aliphatic heterocycles. The molecule has 21 heavy (non-hydrogen) atoms. The third-order valence-corrected chi connectivity index (χ3v) is 4.54. The Kier molecular flexibility index (Phi) is 6.94. The summed E-state index contributed by atoms with van der Waals surface area (Å²) in [6.45, 7) is 1.23. The van der Waals surface area contributed by atoms with Crippen molar-refractivity contribution in [2.24, 2.45) is 11.5 Å². The predicted molar refractivity (Wildman–Crippen MR) is 85.4 cm³/mol. The lowest BCUT2D eigenvalue weighted by atomic mass is 10.1. The molecule has 1 fully saturated rings. The van der Waals surface area contributed by atoms with E-state index < -0.39 is 6.03 Å². The number of primary amides is 1. The average molecular weight is 333 g/mol. The minimum Gasteiger partial charge on any atom is -0.352 e. The molecule has 1 saturated heterocycles. The molecule has 0 spiro atoms. The molecule has 0 aromatic carbocycles. The number of nitrogens with zero attached hydrogens (tertiary/aromatic N) is 1. The Bertz CT molecular complexity index is 469. The van der Waals surface area contributed by atoms with E-state index in [0.29, 0.717) is 6.54 Å². The number of halogens is 1. The standard InChI is InChI=1S/C13H20N4O2S.ClH/c14-8-9-3-1-5-17(9)12(18)7-10(16-13(15)19)11-4-2-6-20-11;/h2,4,6,9-10H,1,3,5,7-8,14H2,(H3,15,16,19);1H. The number of likely N-dealkylation sites (tertiary alicyclic amines) is 1. The van der Waals surface area contributed by atoms with Crippen LogP contribution in [0.2, 0.25) is 0 Å². The van der Waals surface area contributed by atoms with Crippen molar-refractivity contribution in [3.8, 4) is 0 Å². The van der Waals surface area contributed by atoms with Crippen molar-refractivity contribution in [1.29, 1.82) is 0 Å². The van der Waals surface area contributed by atoms with Gasteiger partial charge in [0.1, 0.15) is 0 Å². The van der Waals surface area contributed by atoms with E-state index in [0.717, 1.165) is 24.3 Å². The summed E-state index contributed by atoms with van der Waals surface area (Å²) in [4.78, 5) is 26.2. The van der Waals surface area contributed by atoms with E-state index in [-0.39, 0.29) is 36.8 Å². The van der Waals surface area contributed by atoms with Crippen LogP contribution in [-0.4, -0.2) is 36.0 Å². The monoisotopic (exact) mass is 332 g/mol. The Hall–Kier alpha value is -1.31. The maximum Gasteiger partial charge on any atom is 0.312 e. The molecule has 2 atom stereocenters. The quantitative estimate of drug-likeness (QED) is 0.755. The zero-order valence-corrected chi connectivity index (χ0v) is 13.3. The highest BCUT2D eigenvalue weighted by atomic mass is 35.5. The highest BCUT2D eigenvalue weighted by Crippen LogP contribution is 2.25. The molecule has 5 N–H and O–H groups in total. The van der Waals surface area contributed by atoms with E-state index in [1.54, 1.807) is 0 Å². The van der Waals surface area contributed by atoms with Gasteiger partial charge in [0, 0.05) is 24.0 Å². The summed E-state index contributed by atoms with van der Waals surface area (Å²) < 4.78 is 0. The molecule has 6 nitrogen and oxygen atoms in total. The molecule has 0 aliphatic carbocycles. The van der Waals surface area contributed by atoms with E-state index in [9.17, 15) is 9.59 Å². The lowest BCUT2D eigenvalue weighted by molar-refractivity contribution is -0.132. The number of amides is 3. The Labute approximate surface area is 134 Å². The highest BCUT2D eigenvalue weighted by molar-refractivity contribution is 7.10. The zero-order chi connectivity index (χ0) is 14.5. The topological polar surface area (TPSA) is 101 Å². The Morgan fingerprint density at radius 1 is 1.52 bits per heavy atom. The maximum atomic E-state index is 12.4. The first-order valence-corrected chi connectivity index (χ1v) is 7.58. The van der Waals surface area contributed by atoms with Gasteiger partial charge in [0.25, 0.3) is 0 Å². The van der Waals surface area contributed by atoms with Gasteiger partial charge in [0.15, 0.2) is 0 Å². The molecule has 2 heterocycles. The van der Waals surface area contributed by atoms with Crippen molar-refractivity contribution < 1.29 is 9.59 Å². The third-order valence-electron chi connectivity index (χ3n) is 3.55. The number of nitrogens with two attached hydrogens (primary N) is 2. The Morgan fingerprint density at radius 2 is 2.29 bits per heavy atom. The van der Waals surface area contributed by atoms with Gasteiger partial charge < -0.3 is 21.7 Å². The number of carbonyl (C=O) groups is 2. The summed E-state index contributed by atoms with van der Waals surface area (Å²) in [6.07, 6.45) is 2.16. The van der Waals surface area contributed by atoms with Crippen LogP contribution in [0.3, 0.4) is 0 Å². The van der Waals surface area contributed by atoms with E-state index in [1.165, 1.54) is 11.3 Å². The molecular formula is C13H21ClN4O2S. The molecule has 0 radical (unpaired) electrons. The van der Waals surface area contributed by atoms with Crippen molar-refractivity contribution in [1.82, 2.24) is 10.2 Å². The second kappa shape index (κ2) is 8.21. The summed E-state index contributed by atoms with van der Waals surface area (Å²) in [5.41, 5.74) is 10.9. The summed E-state index contributed by atoms with van der Waals surface area (Å²) in [5.74, 6) is 0.0186. The Balaban J connectivity index is 0.00000220. The molecule has 3 amide bonds. The van der Waals surface area contributed by atoms with Crippen LogP contribution in [0.4, 0.5) is 4.79 Å². The number of thiophene rings is 1. The molecule has 118 valence electrons. The second-order valence-electron chi connectivity index (χ2n) is 4.90. The van der Waals surface area contributed by atoms with Crippen molar-refractivity contribution in [3.63, 3.8) is 0 Å². The molecule has 0 saturated carbocycles. The zero-order valence-electron chi connectivity index (χ0n) is 11.7. The van der Waals surface area contributed by atoms with Gasteiger partial charge in [-0.1, -0.05) is 6.07 Å². The summed E-state index contributed by atoms with van der Waals surface area (Å²) in [6, 6.07) is 2.92. The third kappa shape index (κ3) is 4.59. The molecule has 1 aromatic heterocycles. The number of carbonyl (C=O) groups excluding carboxylic acids is 2. The number of hydrogen-bond donors (Lipinski definition) is 3. The fourth-order valence-electron chi connectivity index (χ4n) is 2.58. The van der Waals surface area contributed by atoms with Crippen LogP contribution in [0.25, 0.3) is 0 Å². The predicted octanol–water partition coefficient (Wildman–Crippen LogP) is 1.22. The van der Waals surface area contributed by atoms with Gasteiger partial charge >= 0.3 is 6.03 Å². The molecule has 1 aliphatic rings. The van der Waals surface area contributed by atoms with Gasteiger partial charge in [-0.25, -0.2) is 4.79 Å². The van der Waals surface area contributed by atoms with Crippen molar-refractivity contribution in [2.75, 3.05) is 13.1 Å². The van der Waals surface area contributed by atoms with Gasteiger partial charge in [0.2, 0.25) is 5.91 Å². The largest absolute Gasteiger partial charge is 0.352 e. The lowest BCUT2D eigenvalue weighted by Crippen LogP contribution is -2.42. The molecule has 8 heteroatoms. The first-order valence-electron chi connectivity index (χ1n) is 6.70. The number of urea groups is 1. The first kappa shape index (κ1) is 17.7. The molecular weight excluding hydrogens is 312 g/mol.